The summed E-state index contributed by atoms with van der Waals surface area (Å²) in [6, 6.07) is 6.63. The third kappa shape index (κ3) is 1.23. The number of allylic oxidation sites excluding steroid dienone is 2. The number of fused-ring (bicyclic) bond motifs is 5. The average Bonchev–Trinajstić information content (AvgIpc) is 2.99. The average molecular weight is 240 g/mol. The van der Waals surface area contributed by atoms with Gasteiger partial charge >= 0.3 is 0 Å². The number of hydrogen-bond donors (Lipinski definition) is 0. The van der Waals surface area contributed by atoms with Crippen molar-refractivity contribution >= 4 is 0 Å². The molecule has 2 bridgehead atoms. The molecule has 0 amide bonds. The molecule has 0 heterocycles. The highest BCUT2D eigenvalue weighted by Gasteiger charge is 2.51. The number of rotatable bonds is 1. The van der Waals surface area contributed by atoms with Gasteiger partial charge in [-0.2, -0.15) is 0 Å². The van der Waals surface area contributed by atoms with Crippen LogP contribution in [0.5, 0.6) is 5.75 Å². The minimum absolute atomic E-state index is 0.421. The summed E-state index contributed by atoms with van der Waals surface area (Å²) in [6.07, 6.45) is 10.4. The molecule has 1 saturated carbocycles. The molecule has 1 heteroatoms. The molecule has 1 fully saturated rings. The fourth-order valence-corrected chi connectivity index (χ4v) is 4.73. The van der Waals surface area contributed by atoms with Crippen LogP contribution < -0.4 is 4.74 Å². The largest absolute Gasteiger partial charge is 0.496 e. The van der Waals surface area contributed by atoms with Gasteiger partial charge in [0.1, 0.15) is 5.75 Å². The fourth-order valence-electron chi connectivity index (χ4n) is 4.73. The molecule has 1 spiro atoms. The van der Waals surface area contributed by atoms with Crippen LogP contribution >= 0.6 is 0 Å². The molecule has 1 aromatic rings. The van der Waals surface area contributed by atoms with Gasteiger partial charge in [-0.1, -0.05) is 23.8 Å². The quantitative estimate of drug-likeness (QED) is 0.674. The zero-order valence-corrected chi connectivity index (χ0v) is 11.0. The predicted molar refractivity (Wildman–Crippen MR) is 73.0 cm³/mol. The van der Waals surface area contributed by atoms with Crippen LogP contribution in [0, 0.1) is 5.92 Å². The smallest absolute Gasteiger partial charge is 0.122 e. The summed E-state index contributed by atoms with van der Waals surface area (Å²) < 4.78 is 5.69. The maximum absolute atomic E-state index is 5.69. The molecule has 0 N–H and O–H groups in total. The maximum atomic E-state index is 5.69. The minimum Gasteiger partial charge on any atom is -0.496 e. The lowest BCUT2D eigenvalue weighted by Gasteiger charge is -2.42. The third-order valence-corrected chi connectivity index (χ3v) is 5.42. The number of ether oxygens (including phenoxy) is 1. The molecule has 1 nitrogen and oxygen atoms in total. The normalized spacial score (nSPS) is 32.5. The van der Waals surface area contributed by atoms with Crippen molar-refractivity contribution in [1.29, 1.82) is 0 Å². The van der Waals surface area contributed by atoms with Crippen molar-refractivity contribution < 1.29 is 4.74 Å². The molecule has 0 saturated heterocycles. The standard InChI is InChI=1S/C17H20O/c1-18-15-6-2-4-13-5-3-9-17(16(13)15)11-12-7-8-14(17)10-12/h2,4,6-7,14H,3,5,8-11H2,1H3. The summed E-state index contributed by atoms with van der Waals surface area (Å²) in [7, 11) is 1.82. The Morgan fingerprint density at radius 3 is 3.00 bits per heavy atom. The number of hydrogen-bond acceptors (Lipinski definition) is 1. The van der Waals surface area contributed by atoms with Crippen LogP contribution in [-0.4, -0.2) is 7.11 Å². The van der Waals surface area contributed by atoms with E-state index in [4.69, 9.17) is 4.74 Å². The van der Waals surface area contributed by atoms with Gasteiger partial charge in [-0.3, -0.25) is 0 Å². The van der Waals surface area contributed by atoms with Crippen LogP contribution in [0.4, 0.5) is 0 Å². The van der Waals surface area contributed by atoms with Crippen molar-refractivity contribution in [3.8, 4) is 5.75 Å². The zero-order valence-electron chi connectivity index (χ0n) is 11.0. The molecule has 0 radical (unpaired) electrons. The Hall–Kier alpha value is -1.24. The Morgan fingerprint density at radius 1 is 1.33 bits per heavy atom. The van der Waals surface area contributed by atoms with Gasteiger partial charge in [-0.15, -0.1) is 0 Å². The van der Waals surface area contributed by atoms with Crippen LogP contribution in [0.2, 0.25) is 0 Å². The minimum atomic E-state index is 0.421. The molecular formula is C17H20O. The second kappa shape index (κ2) is 3.63. The monoisotopic (exact) mass is 240 g/mol. The first-order chi connectivity index (χ1) is 8.83. The van der Waals surface area contributed by atoms with E-state index in [2.05, 4.69) is 24.3 Å². The predicted octanol–water partition coefficient (Wildman–Crippen LogP) is 4.01. The lowest BCUT2D eigenvalue weighted by atomic mass is 9.62. The van der Waals surface area contributed by atoms with E-state index in [1.165, 1.54) is 38.5 Å². The molecule has 18 heavy (non-hydrogen) atoms. The maximum Gasteiger partial charge on any atom is 0.122 e. The number of methoxy groups -OCH3 is 1. The van der Waals surface area contributed by atoms with Gasteiger partial charge < -0.3 is 4.74 Å². The molecule has 2 atom stereocenters. The number of benzene rings is 1. The summed E-state index contributed by atoms with van der Waals surface area (Å²) in [4.78, 5) is 0. The zero-order chi connectivity index (χ0) is 12.2. The van der Waals surface area contributed by atoms with E-state index in [9.17, 15) is 0 Å². The van der Waals surface area contributed by atoms with E-state index >= 15 is 0 Å². The first-order valence-corrected chi connectivity index (χ1v) is 7.18. The molecule has 0 aromatic heterocycles. The van der Waals surface area contributed by atoms with Crippen molar-refractivity contribution in [2.75, 3.05) is 7.11 Å². The van der Waals surface area contributed by atoms with Gasteiger partial charge in [0.15, 0.2) is 0 Å². The van der Waals surface area contributed by atoms with E-state index < -0.39 is 0 Å². The molecule has 0 aliphatic heterocycles. The second-order valence-corrected chi connectivity index (χ2v) is 6.18. The molecular weight excluding hydrogens is 220 g/mol. The Balaban J connectivity index is 1.92. The second-order valence-electron chi connectivity index (χ2n) is 6.18. The SMILES string of the molecule is COc1cccc2c1C1(CCC2)CC2=CCC1C2. The van der Waals surface area contributed by atoms with E-state index in [0.29, 0.717) is 5.41 Å². The lowest BCUT2D eigenvalue weighted by Crippen LogP contribution is -2.35. The Kier molecular flexibility index (Phi) is 2.15. The highest BCUT2D eigenvalue weighted by Crippen LogP contribution is 2.60. The van der Waals surface area contributed by atoms with Gasteiger partial charge in [-0.05, 0) is 56.1 Å². The van der Waals surface area contributed by atoms with Gasteiger partial charge in [0.05, 0.1) is 7.11 Å². The van der Waals surface area contributed by atoms with Gasteiger partial charge in [-0.25, -0.2) is 0 Å². The van der Waals surface area contributed by atoms with Crippen LogP contribution in [0.15, 0.2) is 29.8 Å². The van der Waals surface area contributed by atoms with Crippen LogP contribution in [-0.2, 0) is 11.8 Å². The van der Waals surface area contributed by atoms with Gasteiger partial charge in [0.25, 0.3) is 0 Å². The summed E-state index contributed by atoms with van der Waals surface area (Å²) in [5, 5.41) is 0. The Morgan fingerprint density at radius 2 is 2.28 bits per heavy atom. The molecule has 2 unspecified atom stereocenters. The van der Waals surface area contributed by atoms with Crippen molar-refractivity contribution in [3.05, 3.63) is 41.0 Å². The van der Waals surface area contributed by atoms with Crippen molar-refractivity contribution in [3.63, 3.8) is 0 Å². The summed E-state index contributed by atoms with van der Waals surface area (Å²) in [5.41, 5.74) is 5.24. The summed E-state index contributed by atoms with van der Waals surface area (Å²) in [5.74, 6) is 1.99. The van der Waals surface area contributed by atoms with Crippen molar-refractivity contribution in [1.82, 2.24) is 0 Å². The molecule has 3 aliphatic carbocycles. The van der Waals surface area contributed by atoms with Gasteiger partial charge in [0, 0.05) is 11.0 Å². The van der Waals surface area contributed by atoms with Crippen molar-refractivity contribution in [2.24, 2.45) is 5.92 Å². The fraction of sp³-hybridized carbons (Fsp3) is 0.529. The van der Waals surface area contributed by atoms with E-state index in [-0.39, 0.29) is 0 Å². The first kappa shape index (κ1) is 10.7. The molecule has 1 aromatic carbocycles. The molecule has 94 valence electrons. The third-order valence-electron chi connectivity index (χ3n) is 5.42. The van der Waals surface area contributed by atoms with Crippen LogP contribution in [0.3, 0.4) is 0 Å². The van der Waals surface area contributed by atoms with Crippen molar-refractivity contribution in [2.45, 2.75) is 43.9 Å². The topological polar surface area (TPSA) is 9.23 Å². The van der Waals surface area contributed by atoms with E-state index in [1.54, 1.807) is 16.7 Å². The first-order valence-electron chi connectivity index (χ1n) is 7.18. The molecule has 4 rings (SSSR count). The Labute approximate surface area is 109 Å². The highest BCUT2D eigenvalue weighted by atomic mass is 16.5. The molecule has 3 aliphatic rings. The highest BCUT2D eigenvalue weighted by molar-refractivity contribution is 5.51. The lowest BCUT2D eigenvalue weighted by molar-refractivity contribution is 0.257. The summed E-state index contributed by atoms with van der Waals surface area (Å²) in [6.45, 7) is 0. The summed E-state index contributed by atoms with van der Waals surface area (Å²) >= 11 is 0. The van der Waals surface area contributed by atoms with E-state index in [0.717, 1.165) is 11.7 Å². The van der Waals surface area contributed by atoms with Crippen LogP contribution in [0.25, 0.3) is 0 Å². The number of aryl methyl sites for hydroxylation is 1. The Bertz CT molecular complexity index is 514. The van der Waals surface area contributed by atoms with Gasteiger partial charge in [0.2, 0.25) is 0 Å². The van der Waals surface area contributed by atoms with E-state index in [1.807, 2.05) is 7.11 Å². The van der Waals surface area contributed by atoms with Crippen LogP contribution in [0.1, 0.15) is 43.2 Å².